The zero-order valence-electron chi connectivity index (χ0n) is 13.6. The normalized spacial score (nSPS) is 11.4. The van der Waals surface area contributed by atoms with Crippen LogP contribution in [-0.4, -0.2) is 26.0 Å². The molecule has 0 amide bonds. The van der Waals surface area contributed by atoms with E-state index in [1.54, 1.807) is 43.3 Å². The number of rotatable bonds is 5. The van der Waals surface area contributed by atoms with Gasteiger partial charge >= 0.3 is 5.97 Å². The van der Waals surface area contributed by atoms with E-state index in [9.17, 15) is 18.3 Å². The Balaban J connectivity index is 2.15. The first-order chi connectivity index (χ1) is 11.9. The molecule has 6 heteroatoms. The molecule has 128 valence electrons. The highest BCUT2D eigenvalue weighted by atomic mass is 32.2. The molecule has 0 unspecified atom stereocenters. The number of para-hydroxylation sites is 1. The van der Waals surface area contributed by atoms with E-state index < -0.39 is 22.5 Å². The minimum atomic E-state index is -4.01. The van der Waals surface area contributed by atoms with Crippen LogP contribution in [0.25, 0.3) is 10.8 Å². The summed E-state index contributed by atoms with van der Waals surface area (Å²) in [6.07, 6.45) is 0. The number of hydrogen-bond acceptors (Lipinski definition) is 3. The molecule has 5 nitrogen and oxygen atoms in total. The highest BCUT2D eigenvalue weighted by Crippen LogP contribution is 2.28. The number of aryl methyl sites for hydroxylation is 1. The number of carbonyl (C=O) groups is 1. The van der Waals surface area contributed by atoms with E-state index in [4.69, 9.17) is 0 Å². The quantitative estimate of drug-likeness (QED) is 0.761. The molecule has 3 aromatic carbocycles. The number of nitrogens with zero attached hydrogens (tertiary/aromatic N) is 1. The van der Waals surface area contributed by atoms with Gasteiger partial charge in [0.15, 0.2) is 0 Å². The number of carboxylic acid groups (broad SMARTS) is 1. The van der Waals surface area contributed by atoms with Gasteiger partial charge in [0, 0.05) is 0 Å². The average Bonchev–Trinajstić information content (AvgIpc) is 2.59. The van der Waals surface area contributed by atoms with Gasteiger partial charge in [-0.25, -0.2) is 8.42 Å². The first-order valence-electron chi connectivity index (χ1n) is 7.68. The second-order valence-electron chi connectivity index (χ2n) is 5.70. The zero-order chi connectivity index (χ0) is 18.0. The van der Waals surface area contributed by atoms with Crippen molar-refractivity contribution in [2.24, 2.45) is 0 Å². The molecule has 0 saturated carbocycles. The van der Waals surface area contributed by atoms with E-state index in [1.165, 1.54) is 6.07 Å². The predicted octanol–water partition coefficient (Wildman–Crippen LogP) is 3.43. The molecule has 0 radical (unpaired) electrons. The van der Waals surface area contributed by atoms with Crippen LogP contribution in [0.1, 0.15) is 5.56 Å². The lowest BCUT2D eigenvalue weighted by molar-refractivity contribution is -0.135. The van der Waals surface area contributed by atoms with E-state index in [0.29, 0.717) is 11.3 Å². The van der Waals surface area contributed by atoms with Gasteiger partial charge < -0.3 is 5.11 Å². The number of carboxylic acids is 1. The summed E-state index contributed by atoms with van der Waals surface area (Å²) in [5.41, 5.74) is 1.05. The topological polar surface area (TPSA) is 74.7 Å². The van der Waals surface area contributed by atoms with Crippen LogP contribution in [0.3, 0.4) is 0 Å². The fraction of sp³-hybridized carbons (Fsp3) is 0.105. The van der Waals surface area contributed by atoms with Gasteiger partial charge in [-0.05, 0) is 41.5 Å². The number of benzene rings is 3. The second kappa shape index (κ2) is 6.57. The lowest BCUT2D eigenvalue weighted by atomic mass is 10.1. The van der Waals surface area contributed by atoms with Crippen molar-refractivity contribution in [3.8, 4) is 0 Å². The van der Waals surface area contributed by atoms with Gasteiger partial charge in [0.05, 0.1) is 10.6 Å². The summed E-state index contributed by atoms with van der Waals surface area (Å²) >= 11 is 0. The number of sulfonamides is 1. The van der Waals surface area contributed by atoms with E-state index in [1.807, 2.05) is 24.3 Å². The van der Waals surface area contributed by atoms with Gasteiger partial charge in [-0.1, -0.05) is 48.5 Å². The predicted molar refractivity (Wildman–Crippen MR) is 97.3 cm³/mol. The third-order valence-electron chi connectivity index (χ3n) is 3.97. The maximum atomic E-state index is 13.1. The van der Waals surface area contributed by atoms with Crippen molar-refractivity contribution in [2.45, 2.75) is 11.8 Å². The molecule has 0 spiro atoms. The Kier molecular flexibility index (Phi) is 4.46. The van der Waals surface area contributed by atoms with Crippen LogP contribution < -0.4 is 4.31 Å². The SMILES string of the molecule is Cc1ccccc1N(CC(=O)O)S(=O)(=O)c1ccc2ccccc2c1. The summed E-state index contributed by atoms with van der Waals surface area (Å²) in [5, 5.41) is 10.9. The molecule has 0 saturated heterocycles. The molecular formula is C19H17NO4S. The van der Waals surface area contributed by atoms with Gasteiger partial charge in [-0.2, -0.15) is 0 Å². The van der Waals surface area contributed by atoms with Crippen LogP contribution in [0.5, 0.6) is 0 Å². The lowest BCUT2D eigenvalue weighted by Crippen LogP contribution is -2.36. The van der Waals surface area contributed by atoms with Crippen LogP contribution in [0.4, 0.5) is 5.69 Å². The first-order valence-corrected chi connectivity index (χ1v) is 9.12. The van der Waals surface area contributed by atoms with E-state index in [0.717, 1.165) is 15.1 Å². The number of hydrogen-bond donors (Lipinski definition) is 1. The number of anilines is 1. The van der Waals surface area contributed by atoms with Crippen molar-refractivity contribution in [3.63, 3.8) is 0 Å². The van der Waals surface area contributed by atoms with Gasteiger partial charge in [-0.3, -0.25) is 9.10 Å². The average molecular weight is 355 g/mol. The van der Waals surface area contributed by atoms with Gasteiger partial charge in [0.25, 0.3) is 10.0 Å². The van der Waals surface area contributed by atoms with Gasteiger partial charge in [-0.15, -0.1) is 0 Å². The fourth-order valence-electron chi connectivity index (χ4n) is 2.72. The van der Waals surface area contributed by atoms with Crippen LogP contribution in [-0.2, 0) is 14.8 Å². The van der Waals surface area contributed by atoms with Crippen LogP contribution in [0, 0.1) is 6.92 Å². The minimum Gasteiger partial charge on any atom is -0.480 e. The van der Waals surface area contributed by atoms with Crippen molar-refractivity contribution < 1.29 is 18.3 Å². The summed E-state index contributed by atoms with van der Waals surface area (Å²) in [6, 6.07) is 19.0. The molecule has 3 rings (SSSR count). The van der Waals surface area contributed by atoms with Crippen molar-refractivity contribution in [1.82, 2.24) is 0 Å². The highest BCUT2D eigenvalue weighted by molar-refractivity contribution is 7.92. The molecule has 0 atom stereocenters. The Bertz CT molecular complexity index is 1040. The summed E-state index contributed by atoms with van der Waals surface area (Å²) in [7, 11) is -4.01. The summed E-state index contributed by atoms with van der Waals surface area (Å²) in [6.45, 7) is 1.11. The van der Waals surface area contributed by atoms with Gasteiger partial charge in [0.1, 0.15) is 6.54 Å². The Morgan fingerprint density at radius 1 is 0.960 bits per heavy atom. The molecule has 25 heavy (non-hydrogen) atoms. The van der Waals surface area contributed by atoms with Crippen LogP contribution in [0.15, 0.2) is 71.6 Å². The summed E-state index contributed by atoms with van der Waals surface area (Å²) < 4.78 is 27.2. The molecule has 0 heterocycles. The monoisotopic (exact) mass is 355 g/mol. The van der Waals surface area contributed by atoms with E-state index in [2.05, 4.69) is 0 Å². The zero-order valence-corrected chi connectivity index (χ0v) is 14.4. The molecule has 0 fully saturated rings. The molecule has 0 aliphatic heterocycles. The standard InChI is InChI=1S/C19H17NO4S/c1-14-6-2-5-9-18(14)20(13-19(21)22)25(23,24)17-11-10-15-7-3-4-8-16(15)12-17/h2-12H,13H2,1H3,(H,21,22). The molecule has 0 bridgehead atoms. The van der Waals surface area contributed by atoms with Crippen molar-refractivity contribution in [3.05, 3.63) is 72.3 Å². The fourth-order valence-corrected chi connectivity index (χ4v) is 4.24. The third-order valence-corrected chi connectivity index (χ3v) is 5.73. The maximum Gasteiger partial charge on any atom is 0.324 e. The smallest absolute Gasteiger partial charge is 0.324 e. The Hall–Kier alpha value is -2.86. The first kappa shape index (κ1) is 17.0. The Morgan fingerprint density at radius 2 is 1.60 bits per heavy atom. The van der Waals surface area contributed by atoms with Gasteiger partial charge in [0.2, 0.25) is 0 Å². The number of aliphatic carboxylic acids is 1. The van der Waals surface area contributed by atoms with Crippen molar-refractivity contribution in [1.29, 1.82) is 0 Å². The third kappa shape index (κ3) is 3.34. The van der Waals surface area contributed by atoms with E-state index in [-0.39, 0.29) is 4.90 Å². The summed E-state index contributed by atoms with van der Waals surface area (Å²) in [4.78, 5) is 11.3. The molecule has 0 aliphatic carbocycles. The van der Waals surface area contributed by atoms with Crippen molar-refractivity contribution in [2.75, 3.05) is 10.8 Å². The van der Waals surface area contributed by atoms with Crippen molar-refractivity contribution >= 4 is 32.5 Å². The van der Waals surface area contributed by atoms with E-state index >= 15 is 0 Å². The molecule has 3 aromatic rings. The Morgan fingerprint density at radius 3 is 2.28 bits per heavy atom. The van der Waals surface area contributed by atoms with Crippen LogP contribution >= 0.6 is 0 Å². The minimum absolute atomic E-state index is 0.0655. The lowest BCUT2D eigenvalue weighted by Gasteiger charge is -2.24. The maximum absolute atomic E-state index is 13.1. The molecule has 0 aliphatic rings. The molecular weight excluding hydrogens is 338 g/mol. The summed E-state index contributed by atoms with van der Waals surface area (Å²) in [5.74, 6) is -1.22. The molecule has 1 N–H and O–H groups in total. The second-order valence-corrected chi connectivity index (χ2v) is 7.56. The highest BCUT2D eigenvalue weighted by Gasteiger charge is 2.28. The van der Waals surface area contributed by atoms with Crippen LogP contribution in [0.2, 0.25) is 0 Å². The number of fused-ring (bicyclic) bond motifs is 1. The Labute approximate surface area is 146 Å². The largest absolute Gasteiger partial charge is 0.480 e. The molecule has 0 aromatic heterocycles.